The molecule has 35 nitrogen and oxygen atoms in total. The monoisotopic (exact) mass is 2230 g/mol. The molecule has 826 valence electrons. The van der Waals surface area contributed by atoms with E-state index in [1.54, 1.807) is 40.0 Å². The molecule has 6 fully saturated rings. The number of hydrogen-bond donors (Lipinski definition) is 0. The number of nitrogens with zero attached hydrogens (tertiary/aromatic N) is 6. The zero-order chi connectivity index (χ0) is 110. The van der Waals surface area contributed by atoms with E-state index in [1.807, 2.05) is 32.9 Å². The lowest BCUT2D eigenvalue weighted by Crippen LogP contribution is -2.31. The summed E-state index contributed by atoms with van der Waals surface area (Å²) in [5.74, 6) is -4.17. The van der Waals surface area contributed by atoms with Crippen molar-refractivity contribution >= 4 is 84.1 Å². The Morgan fingerprint density at radius 1 is 0.354 bits per heavy atom. The lowest BCUT2D eigenvalue weighted by atomic mass is 10.0. The number of aryl methyl sites for hydroxylation is 6. The van der Waals surface area contributed by atoms with E-state index < -0.39 is 141 Å². The second kappa shape index (κ2) is 56.0. The molecule has 6 aliphatic heterocycles. The van der Waals surface area contributed by atoms with Gasteiger partial charge in [-0.2, -0.15) is 66.8 Å². The van der Waals surface area contributed by atoms with Gasteiger partial charge < -0.3 is 37.9 Å². The first-order valence-electron chi connectivity index (χ1n) is 46.4. The minimum atomic E-state index is -5.00. The van der Waals surface area contributed by atoms with Crippen molar-refractivity contribution in [3.05, 3.63) is 171 Å². The maximum atomic E-state index is 13.6. The van der Waals surface area contributed by atoms with Crippen LogP contribution in [0.5, 0.6) is 11.5 Å². The highest BCUT2D eigenvalue weighted by molar-refractivity contribution is 7.90. The predicted octanol–water partition coefficient (Wildman–Crippen LogP) is 14.2. The van der Waals surface area contributed by atoms with Crippen LogP contribution < -0.4 is 9.47 Å². The van der Waals surface area contributed by atoms with Gasteiger partial charge in [0.15, 0.2) is 0 Å². The highest BCUT2D eigenvalue weighted by Gasteiger charge is 2.42. The lowest BCUT2D eigenvalue weighted by Gasteiger charge is -2.19. The molecule has 0 unspecified atom stereocenters. The van der Waals surface area contributed by atoms with Crippen LogP contribution in [0.1, 0.15) is 150 Å². The summed E-state index contributed by atoms with van der Waals surface area (Å²) in [6, 6.07) is 21.2. The van der Waals surface area contributed by atoms with Crippen molar-refractivity contribution in [3.8, 4) is 11.5 Å². The molecular weight excluding hydrogens is 2100 g/mol. The van der Waals surface area contributed by atoms with Gasteiger partial charge in [0.25, 0.3) is 0 Å². The van der Waals surface area contributed by atoms with Crippen molar-refractivity contribution in [3.63, 3.8) is 0 Å². The fraction of sp³-hybridized carbons (Fsp3) is 0.559. The lowest BCUT2D eigenvalue weighted by molar-refractivity contribution is -0.275. The first-order valence-corrected chi connectivity index (χ1v) is 55.0. The number of alkyl halides is 12. The summed E-state index contributed by atoms with van der Waals surface area (Å²) in [6.07, 6.45) is -10.4. The van der Waals surface area contributed by atoms with E-state index in [-0.39, 0.29) is 140 Å². The standard InChI is InChI=1S/C16H20F3NO7S.C16H20F3NO6S.C16H18F3NO6S.C16H25NO3S.C15H20F3NO4S.C14H20FNO3S/c1-3-25-27-15(21)5-4-11-6-12(26-16(17,18)19)8-14(7-11)28(22,23)20(2)9-13-10-24-13;2*1-3-25-26-15(21)5-4-11-6-12(16(17,18)19)8-14(7-11)27(22,23)20(2)9-13-10-24-13;1-4-6-7-13-8-9-16(14(5-2)10-13)21(18,19)17(3)11-15-12-20-15;1-3-4-5-11-6-12(23-15(16,17)18)8-14(7-11)24(20,21)19(2)9-13-10-22-13;1-3-4-5-11-6-12(15)8-14(7-11)20(17,18)16(2)9-13-10-19-13/h6-8,13H,3-5,9-10H2,1-2H3;6-8,13H,3-5,9-10H2,1-2H3;4-8,13H,3,9-10H2,1-2H3;8-10,15H,4-7,11-12H2,1-3H3;6-8,13H,3-5,9-10H2,1-2H3;6-8,13H,3-5,9-10H2,1-2H3/b;;5-4+;;;/t3*13-;15-;2*13-/m000000/s1. The van der Waals surface area contributed by atoms with Gasteiger partial charge in [-0.05, 0) is 209 Å². The van der Waals surface area contributed by atoms with Crippen molar-refractivity contribution in [2.45, 2.75) is 229 Å². The van der Waals surface area contributed by atoms with Gasteiger partial charge >= 0.3 is 43.0 Å². The van der Waals surface area contributed by atoms with Crippen molar-refractivity contribution < 1.29 is 189 Å². The summed E-state index contributed by atoms with van der Waals surface area (Å²) in [5.41, 5.74) is 1.17. The van der Waals surface area contributed by atoms with E-state index in [0.29, 0.717) is 88.2 Å². The van der Waals surface area contributed by atoms with Crippen LogP contribution in [0.4, 0.5) is 57.1 Å². The van der Waals surface area contributed by atoms with Crippen LogP contribution in [0.3, 0.4) is 0 Å². The Bertz CT molecular complexity index is 6090. The fourth-order valence-electron chi connectivity index (χ4n) is 13.3. The van der Waals surface area contributed by atoms with E-state index in [1.165, 1.54) is 73.7 Å². The second-order valence-electron chi connectivity index (χ2n) is 34.1. The van der Waals surface area contributed by atoms with E-state index in [4.69, 9.17) is 28.4 Å². The average molecular weight is 2230 g/mol. The van der Waals surface area contributed by atoms with E-state index in [9.17, 15) is 122 Å². The molecule has 6 heterocycles. The Morgan fingerprint density at radius 2 is 0.653 bits per heavy atom. The molecule has 12 rings (SSSR count). The van der Waals surface area contributed by atoms with Crippen molar-refractivity contribution in [2.24, 2.45) is 0 Å². The normalized spacial score (nSPS) is 17.6. The van der Waals surface area contributed by atoms with Crippen LogP contribution in [-0.4, -0.2) is 285 Å². The van der Waals surface area contributed by atoms with Gasteiger partial charge in [-0.3, -0.25) is 14.7 Å². The molecule has 54 heteroatoms. The summed E-state index contributed by atoms with van der Waals surface area (Å²) in [5, 5.41) is 0. The number of unbranched alkanes of at least 4 members (excludes halogenated alkanes) is 3. The third kappa shape index (κ3) is 43.1. The number of carbonyl (C=O) groups is 3. The Kier molecular flexibility index (Phi) is 47.7. The molecule has 0 aromatic heterocycles. The van der Waals surface area contributed by atoms with Crippen LogP contribution in [-0.2, 0) is 183 Å². The van der Waals surface area contributed by atoms with Crippen molar-refractivity contribution in [1.82, 2.24) is 25.8 Å². The van der Waals surface area contributed by atoms with E-state index in [0.717, 1.165) is 140 Å². The number of epoxide rings is 6. The molecule has 0 amide bonds. The molecule has 6 aliphatic rings. The van der Waals surface area contributed by atoms with Gasteiger partial charge in [0, 0.05) is 99.8 Å². The highest BCUT2D eigenvalue weighted by atomic mass is 32.2. The number of benzene rings is 6. The number of carbonyl (C=O) groups excluding carboxylic acids is 3. The van der Waals surface area contributed by atoms with Crippen LogP contribution >= 0.6 is 0 Å². The van der Waals surface area contributed by atoms with E-state index >= 15 is 0 Å². The van der Waals surface area contributed by atoms with E-state index in [2.05, 4.69) is 45.7 Å². The summed E-state index contributed by atoms with van der Waals surface area (Å²) >= 11 is 0. The molecule has 0 bridgehead atoms. The van der Waals surface area contributed by atoms with Gasteiger partial charge in [0.1, 0.15) is 17.3 Å². The zero-order valence-electron chi connectivity index (χ0n) is 82.9. The Hall–Kier alpha value is -8.74. The largest absolute Gasteiger partial charge is 0.573 e. The molecule has 147 heavy (non-hydrogen) atoms. The van der Waals surface area contributed by atoms with Gasteiger partial charge in [0.05, 0.1) is 149 Å². The summed E-state index contributed by atoms with van der Waals surface area (Å²) in [6.45, 7) is 17.3. The predicted molar refractivity (Wildman–Crippen MR) is 503 cm³/mol. The number of halogens is 13. The number of sulfonamides is 6. The minimum absolute atomic E-state index is 0.0201. The van der Waals surface area contributed by atoms with Crippen molar-refractivity contribution in [1.29, 1.82) is 0 Å². The molecule has 6 saturated heterocycles. The van der Waals surface area contributed by atoms with Crippen LogP contribution in [0.15, 0.2) is 145 Å². The number of ether oxygens (including phenoxy) is 8. The first-order chi connectivity index (χ1) is 68.6. The Labute approximate surface area is 847 Å². The summed E-state index contributed by atoms with van der Waals surface area (Å²) < 4.78 is 363. The molecule has 0 radical (unpaired) electrons. The molecule has 6 aromatic carbocycles. The Balaban J connectivity index is 0.000000240. The number of hydrogen-bond acceptors (Lipinski definition) is 29. The van der Waals surface area contributed by atoms with Gasteiger partial charge in [0.2, 0.25) is 60.1 Å². The molecule has 0 saturated carbocycles. The molecule has 0 spiro atoms. The van der Waals surface area contributed by atoms with Crippen LogP contribution in [0, 0.1) is 5.82 Å². The smallest absolute Gasteiger partial charge is 0.406 e. The fourth-order valence-corrected chi connectivity index (χ4v) is 21.2. The third-order valence-corrected chi connectivity index (χ3v) is 32.6. The zero-order valence-corrected chi connectivity index (χ0v) is 87.8. The third-order valence-electron chi connectivity index (χ3n) is 21.6. The average Bonchev–Trinajstić information content (AvgIpc) is 1.60. The van der Waals surface area contributed by atoms with Gasteiger partial charge in [-0.25, -0.2) is 69.3 Å². The Morgan fingerprint density at radius 3 is 0.980 bits per heavy atom. The van der Waals surface area contributed by atoms with Gasteiger partial charge in [-0.15, -0.1) is 26.3 Å². The maximum absolute atomic E-state index is 13.6. The number of likely N-dealkylation sites (N-methyl/N-ethyl adjacent to an activating group) is 6. The number of rotatable bonds is 50. The molecule has 6 aromatic rings. The second-order valence-corrected chi connectivity index (χ2v) is 46.3. The quantitative estimate of drug-likeness (QED) is 0.0112. The topological polar surface area (TPSA) is 425 Å². The van der Waals surface area contributed by atoms with Gasteiger partial charge in [-0.1, -0.05) is 59.1 Å². The highest BCUT2D eigenvalue weighted by Crippen LogP contribution is 2.38. The summed E-state index contributed by atoms with van der Waals surface area (Å²) in [7, 11) is -15.1. The van der Waals surface area contributed by atoms with Crippen LogP contribution in [0.25, 0.3) is 6.08 Å². The molecule has 0 aliphatic carbocycles. The SMILES string of the molecule is CCCCc1cc(F)cc(S(=O)(=O)N(C)C[C@H]2CO2)c1.CCCCc1cc(OC(F)(F)F)cc(S(=O)(=O)N(C)C[C@H]2CO2)c1.CCCCc1ccc(S(=O)(=O)N(C)C[C@H]2CO2)c(CC)c1.CCOOC(=O)/C=C/c1cc(C(F)(F)F)cc(S(=O)(=O)N(C)C[C@H]2CO2)c1.CCOOC(=O)CCc1cc(C(F)(F)F)cc(S(=O)(=O)N(C)C[C@H]2CO2)c1.CCOOC(=O)CCc1cc(OC(F)(F)F)cc(S(=O)(=O)N(C)C[C@H]2CO2)c1. The van der Waals surface area contributed by atoms with Crippen LogP contribution in [0.2, 0.25) is 0 Å². The molecule has 6 atom stereocenters. The first kappa shape index (κ1) is 125. The maximum Gasteiger partial charge on any atom is 0.573 e. The summed E-state index contributed by atoms with van der Waals surface area (Å²) in [4.78, 5) is 59.7. The molecule has 0 N–H and O–H groups in total. The minimum Gasteiger partial charge on any atom is -0.406 e. The van der Waals surface area contributed by atoms with Crippen molar-refractivity contribution in [2.75, 3.05) is 141 Å². The molecular formula is C93H123F13N6O29S6.